The Hall–Kier alpha value is -3.33. The lowest BCUT2D eigenvalue weighted by atomic mass is 10.1. The number of rotatable bonds is 6. The number of fused-ring (bicyclic) bond motifs is 1. The number of hydrogen-bond donors (Lipinski definition) is 0. The Bertz CT molecular complexity index is 1240. The number of halogens is 3. The normalized spacial score (nSPS) is 11.4. The van der Waals surface area contributed by atoms with Crippen LogP contribution in [0.5, 0.6) is 0 Å². The monoisotopic (exact) mass is 444 g/mol. The van der Waals surface area contributed by atoms with Crippen molar-refractivity contribution in [3.05, 3.63) is 70.8 Å². The zero-order chi connectivity index (χ0) is 22.1. The molecular formula is C21H19ClF2N6O. The van der Waals surface area contributed by atoms with Crippen molar-refractivity contribution in [2.24, 2.45) is 0 Å². The van der Waals surface area contributed by atoms with E-state index in [4.69, 9.17) is 11.6 Å². The van der Waals surface area contributed by atoms with E-state index in [1.165, 1.54) is 23.4 Å². The van der Waals surface area contributed by atoms with E-state index in [9.17, 15) is 13.6 Å². The van der Waals surface area contributed by atoms with Crippen molar-refractivity contribution >= 4 is 23.2 Å². The number of benzene rings is 1. The maximum absolute atomic E-state index is 13.7. The maximum atomic E-state index is 13.7. The van der Waals surface area contributed by atoms with Gasteiger partial charge in [0.2, 0.25) is 0 Å². The summed E-state index contributed by atoms with van der Waals surface area (Å²) >= 11 is 6.20. The zero-order valence-corrected chi connectivity index (χ0v) is 17.6. The highest BCUT2D eigenvalue weighted by Gasteiger charge is 2.24. The smallest absolute Gasteiger partial charge is 0.280 e. The van der Waals surface area contributed by atoms with Crippen LogP contribution in [-0.2, 0) is 13.1 Å². The van der Waals surface area contributed by atoms with Gasteiger partial charge in [-0.05, 0) is 13.0 Å². The van der Waals surface area contributed by atoms with Gasteiger partial charge in [0.15, 0.2) is 5.65 Å². The van der Waals surface area contributed by atoms with E-state index in [0.717, 1.165) is 4.52 Å². The van der Waals surface area contributed by atoms with Crippen molar-refractivity contribution in [2.75, 3.05) is 7.05 Å². The summed E-state index contributed by atoms with van der Waals surface area (Å²) in [6, 6.07) is 10.2. The number of aryl methyl sites for hydroxylation is 1. The number of aromatic nitrogens is 5. The quantitative estimate of drug-likeness (QED) is 0.440. The molecule has 0 aliphatic heterocycles. The Kier molecular flexibility index (Phi) is 5.69. The lowest BCUT2D eigenvalue weighted by Gasteiger charge is -2.17. The van der Waals surface area contributed by atoms with Gasteiger partial charge in [0.25, 0.3) is 12.3 Å². The largest absolute Gasteiger partial charge is 0.336 e. The second kappa shape index (κ2) is 8.43. The third-order valence-corrected chi connectivity index (χ3v) is 5.27. The average Bonchev–Trinajstić information content (AvgIpc) is 3.36. The van der Waals surface area contributed by atoms with E-state index >= 15 is 0 Å². The van der Waals surface area contributed by atoms with Crippen LogP contribution in [0.15, 0.2) is 48.8 Å². The first-order chi connectivity index (χ1) is 14.9. The molecule has 3 heterocycles. The summed E-state index contributed by atoms with van der Waals surface area (Å²) < 4.78 is 30.2. The Morgan fingerprint density at radius 1 is 1.19 bits per heavy atom. The number of nitrogens with zero attached hydrogens (tertiary/aromatic N) is 6. The maximum Gasteiger partial charge on any atom is 0.280 e. The number of amides is 1. The lowest BCUT2D eigenvalue weighted by molar-refractivity contribution is 0.0783. The van der Waals surface area contributed by atoms with Crippen LogP contribution >= 0.6 is 11.6 Å². The van der Waals surface area contributed by atoms with Crippen LogP contribution in [0, 0.1) is 0 Å². The Morgan fingerprint density at radius 2 is 1.94 bits per heavy atom. The van der Waals surface area contributed by atoms with Gasteiger partial charge in [-0.15, -0.1) is 0 Å². The van der Waals surface area contributed by atoms with Crippen molar-refractivity contribution in [3.63, 3.8) is 0 Å². The molecular weight excluding hydrogens is 426 g/mol. The van der Waals surface area contributed by atoms with Crippen molar-refractivity contribution in [1.29, 1.82) is 0 Å². The SMILES string of the molecule is CCn1ncc(Cl)c1CN(C)C(=O)c1cnn2c(C(F)F)cc(-c3ccccc3)nc12. The van der Waals surface area contributed by atoms with Gasteiger partial charge < -0.3 is 4.90 Å². The summed E-state index contributed by atoms with van der Waals surface area (Å²) in [7, 11) is 1.60. The van der Waals surface area contributed by atoms with Crippen molar-refractivity contribution in [2.45, 2.75) is 26.4 Å². The van der Waals surface area contributed by atoms with Gasteiger partial charge >= 0.3 is 0 Å². The van der Waals surface area contributed by atoms with Gasteiger partial charge in [0.1, 0.15) is 11.3 Å². The van der Waals surface area contributed by atoms with E-state index in [2.05, 4.69) is 15.2 Å². The highest BCUT2D eigenvalue weighted by molar-refractivity contribution is 6.31. The van der Waals surface area contributed by atoms with Gasteiger partial charge in [-0.1, -0.05) is 41.9 Å². The van der Waals surface area contributed by atoms with Crippen LogP contribution in [0.25, 0.3) is 16.9 Å². The average molecular weight is 445 g/mol. The molecule has 0 N–H and O–H groups in total. The van der Waals surface area contributed by atoms with Crippen molar-refractivity contribution in [1.82, 2.24) is 29.3 Å². The molecule has 10 heteroatoms. The lowest BCUT2D eigenvalue weighted by Crippen LogP contribution is -2.27. The highest BCUT2D eigenvalue weighted by atomic mass is 35.5. The molecule has 0 fully saturated rings. The summed E-state index contributed by atoms with van der Waals surface area (Å²) in [5.41, 5.74) is 1.55. The predicted octanol–water partition coefficient (Wildman–Crippen LogP) is 4.48. The first-order valence-electron chi connectivity index (χ1n) is 9.58. The molecule has 0 saturated heterocycles. The molecule has 0 aliphatic carbocycles. The van der Waals surface area contributed by atoms with Gasteiger partial charge in [0, 0.05) is 19.2 Å². The predicted molar refractivity (Wildman–Crippen MR) is 112 cm³/mol. The molecule has 1 amide bonds. The van der Waals surface area contributed by atoms with E-state index in [0.29, 0.717) is 28.5 Å². The molecule has 0 radical (unpaired) electrons. The van der Waals surface area contributed by atoms with Gasteiger partial charge in [-0.3, -0.25) is 9.48 Å². The first kappa shape index (κ1) is 20.9. The molecule has 0 spiro atoms. The topological polar surface area (TPSA) is 68.3 Å². The van der Waals surface area contributed by atoms with Gasteiger partial charge in [0.05, 0.1) is 35.3 Å². The van der Waals surface area contributed by atoms with Crippen LogP contribution in [0.2, 0.25) is 5.02 Å². The van der Waals surface area contributed by atoms with Crippen molar-refractivity contribution < 1.29 is 13.6 Å². The molecule has 0 unspecified atom stereocenters. The summed E-state index contributed by atoms with van der Waals surface area (Å²) in [4.78, 5) is 19.1. The third kappa shape index (κ3) is 3.88. The number of hydrogen-bond acceptors (Lipinski definition) is 4. The second-order valence-electron chi connectivity index (χ2n) is 6.94. The Labute approximate surface area is 181 Å². The van der Waals surface area contributed by atoms with E-state index in [1.54, 1.807) is 36.0 Å². The molecule has 0 atom stereocenters. The molecule has 3 aromatic heterocycles. The molecule has 7 nitrogen and oxygen atoms in total. The Morgan fingerprint density at radius 3 is 2.61 bits per heavy atom. The molecule has 1 aromatic carbocycles. The van der Waals surface area contributed by atoms with Crippen LogP contribution in [0.4, 0.5) is 8.78 Å². The summed E-state index contributed by atoms with van der Waals surface area (Å²) in [6.45, 7) is 2.71. The molecule has 160 valence electrons. The van der Waals surface area contributed by atoms with Crippen LogP contribution in [0.1, 0.15) is 35.1 Å². The molecule has 31 heavy (non-hydrogen) atoms. The number of carbonyl (C=O) groups excluding carboxylic acids is 1. The van der Waals surface area contributed by atoms with E-state index in [1.807, 2.05) is 13.0 Å². The minimum absolute atomic E-state index is 0.0728. The van der Waals surface area contributed by atoms with E-state index < -0.39 is 12.3 Å². The molecule has 4 aromatic rings. The summed E-state index contributed by atoms with van der Waals surface area (Å²) in [5.74, 6) is -0.409. The molecule has 4 rings (SSSR count). The summed E-state index contributed by atoms with van der Waals surface area (Å²) in [5, 5.41) is 8.63. The standard InChI is InChI=1S/C21H19ClF2N6O/c1-3-29-18(15(22)11-25-29)12-28(2)21(31)14-10-26-30-17(19(23)24)9-16(27-20(14)30)13-7-5-4-6-8-13/h4-11,19H,3,12H2,1-2H3. The zero-order valence-electron chi connectivity index (χ0n) is 16.8. The van der Waals surface area contributed by atoms with Crippen LogP contribution < -0.4 is 0 Å². The molecule has 0 aliphatic rings. The number of alkyl halides is 2. The van der Waals surface area contributed by atoms with Gasteiger partial charge in [-0.2, -0.15) is 10.2 Å². The minimum Gasteiger partial charge on any atom is -0.336 e. The van der Waals surface area contributed by atoms with Gasteiger partial charge in [-0.25, -0.2) is 18.3 Å². The minimum atomic E-state index is -2.79. The van der Waals surface area contributed by atoms with Crippen molar-refractivity contribution in [3.8, 4) is 11.3 Å². The number of carbonyl (C=O) groups is 1. The van der Waals surface area contributed by atoms with Crippen LogP contribution in [0.3, 0.4) is 0 Å². The third-order valence-electron chi connectivity index (χ3n) is 4.95. The second-order valence-corrected chi connectivity index (χ2v) is 7.35. The molecule has 0 bridgehead atoms. The van der Waals surface area contributed by atoms with Crippen LogP contribution in [-0.4, -0.2) is 42.2 Å². The fourth-order valence-electron chi connectivity index (χ4n) is 3.37. The summed E-state index contributed by atoms with van der Waals surface area (Å²) in [6.07, 6.45) is 0.00299. The molecule has 0 saturated carbocycles. The fraction of sp³-hybridized carbons (Fsp3) is 0.238. The van der Waals surface area contributed by atoms with E-state index in [-0.39, 0.29) is 23.4 Å². The highest BCUT2D eigenvalue weighted by Crippen LogP contribution is 2.27. The fourth-order valence-corrected chi connectivity index (χ4v) is 3.57. The Balaban J connectivity index is 1.76. The first-order valence-corrected chi connectivity index (χ1v) is 9.96.